The van der Waals surface area contributed by atoms with Gasteiger partial charge in [-0.25, -0.2) is 9.59 Å². The molecule has 182 valence electrons. The van der Waals surface area contributed by atoms with Gasteiger partial charge in [0.2, 0.25) is 0 Å². The molecule has 0 N–H and O–H groups in total. The van der Waals surface area contributed by atoms with Crippen molar-refractivity contribution in [2.75, 3.05) is 13.2 Å². The minimum absolute atomic E-state index is 0.321. The summed E-state index contributed by atoms with van der Waals surface area (Å²) in [4.78, 5) is 45.2. The van der Waals surface area contributed by atoms with Crippen molar-refractivity contribution in [3.8, 4) is 11.5 Å². The van der Waals surface area contributed by atoms with Gasteiger partial charge in [-0.1, -0.05) is 13.8 Å². The SMILES string of the molecule is CCCOc1ccc(C(=O)OO[C]2CC[CH]CC2OOC(=O)c2ccc(OCCC)cc2)cc1. The van der Waals surface area contributed by atoms with Gasteiger partial charge in [-0.3, -0.25) is 9.78 Å². The Morgan fingerprint density at radius 1 is 0.794 bits per heavy atom. The number of carbonyl (C=O) groups excluding carboxylic acids is 2. The van der Waals surface area contributed by atoms with Gasteiger partial charge in [0.15, 0.2) is 6.10 Å². The zero-order valence-electron chi connectivity index (χ0n) is 19.5. The van der Waals surface area contributed by atoms with Gasteiger partial charge in [0.1, 0.15) is 17.6 Å². The van der Waals surface area contributed by atoms with E-state index < -0.39 is 18.0 Å². The summed E-state index contributed by atoms with van der Waals surface area (Å²) in [6.07, 6.45) is 5.12. The van der Waals surface area contributed by atoms with Crippen molar-refractivity contribution in [3.63, 3.8) is 0 Å². The average Bonchev–Trinajstić information content (AvgIpc) is 2.89. The van der Waals surface area contributed by atoms with Crippen molar-refractivity contribution < 1.29 is 38.6 Å². The van der Waals surface area contributed by atoms with E-state index in [-0.39, 0.29) is 0 Å². The van der Waals surface area contributed by atoms with Crippen LogP contribution < -0.4 is 9.47 Å². The van der Waals surface area contributed by atoms with Crippen molar-refractivity contribution in [3.05, 3.63) is 72.2 Å². The molecule has 0 bridgehead atoms. The van der Waals surface area contributed by atoms with Crippen LogP contribution in [0, 0.1) is 12.5 Å². The maximum Gasteiger partial charge on any atom is 0.373 e. The first-order chi connectivity index (χ1) is 16.6. The van der Waals surface area contributed by atoms with Crippen molar-refractivity contribution in [2.24, 2.45) is 0 Å². The molecule has 0 spiro atoms. The zero-order chi connectivity index (χ0) is 24.2. The normalized spacial score (nSPS) is 16.0. The molecule has 1 fully saturated rings. The second kappa shape index (κ2) is 13.6. The lowest BCUT2D eigenvalue weighted by Crippen LogP contribution is -2.30. The van der Waals surface area contributed by atoms with Crippen LogP contribution in [0.1, 0.15) is 66.7 Å². The minimum atomic E-state index is -0.678. The molecule has 8 heteroatoms. The summed E-state index contributed by atoms with van der Waals surface area (Å²) in [7, 11) is 0. The molecule has 0 saturated heterocycles. The number of ether oxygens (including phenoxy) is 2. The third-order valence-corrected chi connectivity index (χ3v) is 4.92. The minimum Gasteiger partial charge on any atom is -0.494 e. The predicted octanol–water partition coefficient (Wildman–Crippen LogP) is 5.43. The molecule has 8 nitrogen and oxygen atoms in total. The Kier molecular flexibility index (Phi) is 10.2. The zero-order valence-corrected chi connectivity index (χ0v) is 19.5. The second-order valence-corrected chi connectivity index (χ2v) is 7.68. The van der Waals surface area contributed by atoms with Gasteiger partial charge in [0, 0.05) is 0 Å². The molecular weight excluding hydrogens is 440 g/mol. The van der Waals surface area contributed by atoms with E-state index in [1.54, 1.807) is 48.5 Å². The molecule has 2 aromatic rings. The molecule has 2 aromatic carbocycles. The fourth-order valence-electron chi connectivity index (χ4n) is 3.10. The third-order valence-electron chi connectivity index (χ3n) is 4.92. The Hall–Kier alpha value is -3.10. The molecule has 1 saturated carbocycles. The van der Waals surface area contributed by atoms with E-state index in [2.05, 4.69) is 0 Å². The van der Waals surface area contributed by atoms with Gasteiger partial charge in [-0.2, -0.15) is 9.78 Å². The van der Waals surface area contributed by atoms with E-state index in [4.69, 9.17) is 29.0 Å². The highest BCUT2D eigenvalue weighted by molar-refractivity contribution is 5.89. The van der Waals surface area contributed by atoms with Gasteiger partial charge < -0.3 is 9.47 Å². The van der Waals surface area contributed by atoms with Crippen molar-refractivity contribution >= 4 is 11.9 Å². The Morgan fingerprint density at radius 2 is 1.32 bits per heavy atom. The summed E-state index contributed by atoms with van der Waals surface area (Å²) in [6, 6.07) is 13.2. The Morgan fingerprint density at radius 3 is 1.85 bits per heavy atom. The van der Waals surface area contributed by atoms with Gasteiger partial charge in [-0.05, 0) is 87.1 Å². The van der Waals surface area contributed by atoms with Crippen LogP contribution >= 0.6 is 0 Å². The lowest BCUT2D eigenvalue weighted by molar-refractivity contribution is -0.317. The lowest BCUT2D eigenvalue weighted by atomic mass is 9.95. The largest absolute Gasteiger partial charge is 0.494 e. The van der Waals surface area contributed by atoms with Crippen molar-refractivity contribution in [1.29, 1.82) is 0 Å². The van der Waals surface area contributed by atoms with E-state index in [0.29, 0.717) is 54.8 Å². The van der Waals surface area contributed by atoms with Gasteiger partial charge in [0.25, 0.3) is 0 Å². The first kappa shape index (κ1) is 25.5. The summed E-state index contributed by atoms with van der Waals surface area (Å²) in [5.41, 5.74) is 0.644. The fraction of sp³-hybridized carbons (Fsp3) is 0.385. The van der Waals surface area contributed by atoms with Crippen LogP contribution in [0.2, 0.25) is 0 Å². The van der Waals surface area contributed by atoms with Crippen LogP contribution in [-0.2, 0) is 19.6 Å². The molecule has 2 radical (unpaired) electrons. The predicted molar refractivity (Wildman–Crippen MR) is 123 cm³/mol. The van der Waals surface area contributed by atoms with E-state index in [1.807, 2.05) is 20.3 Å². The maximum absolute atomic E-state index is 12.3. The van der Waals surface area contributed by atoms with Gasteiger partial charge >= 0.3 is 11.9 Å². The number of rotatable bonds is 12. The number of benzene rings is 2. The first-order valence-corrected chi connectivity index (χ1v) is 11.5. The van der Waals surface area contributed by atoms with E-state index in [1.165, 1.54) is 0 Å². The Bertz CT molecular complexity index is 819. The summed E-state index contributed by atoms with van der Waals surface area (Å²) in [5, 5.41) is 0. The van der Waals surface area contributed by atoms with Crippen LogP contribution in [0.25, 0.3) is 0 Å². The Labute approximate surface area is 199 Å². The van der Waals surface area contributed by atoms with E-state index in [0.717, 1.165) is 19.3 Å². The van der Waals surface area contributed by atoms with Crippen LogP contribution in [0.4, 0.5) is 0 Å². The molecule has 0 heterocycles. The van der Waals surface area contributed by atoms with Gasteiger partial charge in [0.05, 0.1) is 24.3 Å². The summed E-state index contributed by atoms with van der Waals surface area (Å²) >= 11 is 0. The molecule has 0 aliphatic heterocycles. The topological polar surface area (TPSA) is 89.5 Å². The van der Waals surface area contributed by atoms with Gasteiger partial charge in [-0.15, -0.1) is 0 Å². The Balaban J connectivity index is 1.47. The second-order valence-electron chi connectivity index (χ2n) is 7.68. The smallest absolute Gasteiger partial charge is 0.373 e. The molecule has 0 aromatic heterocycles. The molecule has 1 aliphatic rings. The average molecular weight is 471 g/mol. The lowest BCUT2D eigenvalue weighted by Gasteiger charge is -2.26. The molecule has 34 heavy (non-hydrogen) atoms. The number of hydrogen-bond donors (Lipinski definition) is 0. The van der Waals surface area contributed by atoms with Crippen LogP contribution in [0.3, 0.4) is 0 Å². The fourth-order valence-corrected chi connectivity index (χ4v) is 3.10. The molecule has 1 aliphatic carbocycles. The number of hydrogen-bond acceptors (Lipinski definition) is 8. The molecule has 1 unspecified atom stereocenters. The highest BCUT2D eigenvalue weighted by Gasteiger charge is 2.33. The number of carbonyl (C=O) groups is 2. The van der Waals surface area contributed by atoms with Crippen molar-refractivity contribution in [2.45, 2.75) is 52.1 Å². The summed E-state index contributed by atoms with van der Waals surface area (Å²) < 4.78 is 11.0. The third kappa shape index (κ3) is 7.74. The van der Waals surface area contributed by atoms with Crippen molar-refractivity contribution in [1.82, 2.24) is 0 Å². The standard InChI is InChI=1S/C26H30O8/c1-3-17-29-21-13-9-19(10-14-21)25(27)33-31-23-7-5-6-8-24(23)32-34-26(28)20-11-15-22(16-12-20)30-18-4-2/h5,9-16,23H,3-4,6-8,17-18H2,1-2H3. The molecule has 3 rings (SSSR count). The molecule has 0 amide bonds. The van der Waals surface area contributed by atoms with Crippen LogP contribution in [0.5, 0.6) is 11.5 Å². The van der Waals surface area contributed by atoms with E-state index in [9.17, 15) is 9.59 Å². The summed E-state index contributed by atoms with van der Waals surface area (Å²) in [6.45, 7) is 5.24. The maximum atomic E-state index is 12.3. The summed E-state index contributed by atoms with van der Waals surface area (Å²) in [5.74, 6) is 0.0599. The highest BCUT2D eigenvalue weighted by atomic mass is 17.2. The monoisotopic (exact) mass is 470 g/mol. The quantitative estimate of drug-likeness (QED) is 0.300. The molecule has 1 atom stereocenters. The van der Waals surface area contributed by atoms with E-state index >= 15 is 0 Å². The van der Waals surface area contributed by atoms with Crippen LogP contribution in [0.15, 0.2) is 48.5 Å². The first-order valence-electron chi connectivity index (χ1n) is 11.5. The molecular formula is C26H30O8. The highest BCUT2D eigenvalue weighted by Crippen LogP contribution is 2.30. The van der Waals surface area contributed by atoms with Crippen LogP contribution in [-0.4, -0.2) is 31.3 Å².